The van der Waals surface area contributed by atoms with E-state index in [4.69, 9.17) is 5.73 Å². The van der Waals surface area contributed by atoms with Crippen LogP contribution in [0, 0.1) is 6.92 Å². The minimum absolute atomic E-state index is 0.671. The molecule has 0 aliphatic heterocycles. The fourth-order valence-electron chi connectivity index (χ4n) is 0.522. The second kappa shape index (κ2) is 2.58. The first-order chi connectivity index (χ1) is 4.25. The summed E-state index contributed by atoms with van der Waals surface area (Å²) in [5, 5.41) is 0. The number of aromatic nitrogens is 1. The minimum atomic E-state index is 0.671. The lowest BCUT2D eigenvalue weighted by atomic mass is 10.4. The molecule has 0 fully saturated rings. The molecule has 4 heteroatoms. The van der Waals surface area contributed by atoms with Gasteiger partial charge in [-0.05, 0) is 24.7 Å². The summed E-state index contributed by atoms with van der Waals surface area (Å²) < 4.78 is 5.20. The fourth-order valence-corrected chi connectivity index (χ4v) is 1.90. The number of nitrogens with two attached hydrogens (primary N) is 1. The smallest absolute Gasteiger partial charge is 0.141 e. The van der Waals surface area contributed by atoms with Gasteiger partial charge in [-0.2, -0.15) is 4.37 Å². The van der Waals surface area contributed by atoms with E-state index in [0.717, 1.165) is 5.56 Å². The summed E-state index contributed by atoms with van der Waals surface area (Å²) in [6, 6.07) is 0. The Bertz CT molecular complexity index is 207. The van der Waals surface area contributed by atoms with Crippen molar-refractivity contribution in [3.8, 4) is 0 Å². The summed E-state index contributed by atoms with van der Waals surface area (Å²) >= 11 is 3.16. The molecule has 50 valence electrons. The lowest BCUT2D eigenvalue weighted by Crippen LogP contribution is -1.85. The Kier molecular flexibility index (Phi) is 1.97. The van der Waals surface area contributed by atoms with Crippen molar-refractivity contribution in [1.82, 2.24) is 4.37 Å². The molecular formula is C5H8N2S2. The second-order valence-corrected chi connectivity index (χ2v) is 3.53. The Hall–Kier alpha value is -0.220. The van der Waals surface area contributed by atoms with Crippen LogP contribution in [0.4, 0.5) is 5.82 Å². The van der Waals surface area contributed by atoms with Crippen LogP contribution in [0.5, 0.6) is 0 Å². The van der Waals surface area contributed by atoms with Crippen LogP contribution in [-0.2, 0) is 0 Å². The van der Waals surface area contributed by atoms with E-state index in [1.807, 2.05) is 13.2 Å². The Labute approximate surface area is 62.6 Å². The van der Waals surface area contributed by atoms with Crippen molar-refractivity contribution >= 4 is 29.1 Å². The van der Waals surface area contributed by atoms with Gasteiger partial charge in [0.2, 0.25) is 0 Å². The van der Waals surface area contributed by atoms with Gasteiger partial charge in [0.25, 0.3) is 0 Å². The first kappa shape index (κ1) is 6.89. The van der Waals surface area contributed by atoms with Crippen LogP contribution in [0.25, 0.3) is 0 Å². The van der Waals surface area contributed by atoms with Crippen LogP contribution in [0.3, 0.4) is 0 Å². The van der Waals surface area contributed by atoms with Crippen LogP contribution in [-0.4, -0.2) is 10.6 Å². The molecule has 0 bridgehead atoms. The third kappa shape index (κ3) is 1.19. The van der Waals surface area contributed by atoms with Crippen molar-refractivity contribution in [3.63, 3.8) is 0 Å². The maximum atomic E-state index is 5.50. The summed E-state index contributed by atoms with van der Waals surface area (Å²) in [7, 11) is 0. The van der Waals surface area contributed by atoms with Gasteiger partial charge >= 0.3 is 0 Å². The minimum Gasteiger partial charge on any atom is -0.383 e. The van der Waals surface area contributed by atoms with Crippen LogP contribution in [0.2, 0.25) is 0 Å². The first-order valence-corrected chi connectivity index (χ1v) is 4.51. The van der Waals surface area contributed by atoms with Gasteiger partial charge in [0.1, 0.15) is 5.82 Å². The molecule has 1 rings (SSSR count). The number of nitrogen functional groups attached to an aromatic ring is 1. The quantitative estimate of drug-likeness (QED) is 0.636. The number of rotatable bonds is 1. The lowest BCUT2D eigenvalue weighted by Gasteiger charge is -1.88. The summed E-state index contributed by atoms with van der Waals surface area (Å²) in [6.07, 6.45) is 2.03. The van der Waals surface area contributed by atoms with Crippen molar-refractivity contribution in [2.45, 2.75) is 11.1 Å². The highest BCUT2D eigenvalue weighted by Gasteiger charge is 2.03. The highest BCUT2D eigenvalue weighted by atomic mass is 32.2. The molecule has 0 aromatic carbocycles. The molecule has 2 N–H and O–H groups in total. The number of anilines is 1. The van der Waals surface area contributed by atoms with Crippen molar-refractivity contribution in [1.29, 1.82) is 0 Å². The zero-order chi connectivity index (χ0) is 6.85. The summed E-state index contributed by atoms with van der Waals surface area (Å²) in [6.45, 7) is 1.99. The molecule has 0 spiro atoms. The topological polar surface area (TPSA) is 38.9 Å². The highest BCUT2D eigenvalue weighted by Crippen LogP contribution is 2.27. The number of thioether (sulfide) groups is 1. The Balaban J connectivity index is 3.04. The summed E-state index contributed by atoms with van der Waals surface area (Å²) in [5.74, 6) is 0.671. The Morgan fingerprint density at radius 1 is 1.67 bits per heavy atom. The van der Waals surface area contributed by atoms with Crippen molar-refractivity contribution in [2.24, 2.45) is 0 Å². The largest absolute Gasteiger partial charge is 0.383 e. The number of hydrogen-bond donors (Lipinski definition) is 1. The summed E-state index contributed by atoms with van der Waals surface area (Å²) in [4.78, 5) is 0. The molecule has 0 saturated carbocycles. The SMILES string of the molecule is CSc1snc(N)c1C. The average molecular weight is 160 g/mol. The van der Waals surface area contributed by atoms with Crippen LogP contribution in [0.1, 0.15) is 5.56 Å². The molecule has 0 amide bonds. The van der Waals surface area contributed by atoms with Gasteiger partial charge in [-0.25, -0.2) is 0 Å². The number of hydrogen-bond acceptors (Lipinski definition) is 4. The molecule has 0 radical (unpaired) electrons. The van der Waals surface area contributed by atoms with E-state index in [-0.39, 0.29) is 0 Å². The predicted octanol–water partition coefficient (Wildman–Crippen LogP) is 1.76. The molecule has 0 unspecified atom stereocenters. The molecule has 1 aromatic rings. The van der Waals surface area contributed by atoms with Gasteiger partial charge in [-0.1, -0.05) is 0 Å². The molecular weight excluding hydrogens is 152 g/mol. The van der Waals surface area contributed by atoms with Gasteiger partial charge in [-0.15, -0.1) is 11.8 Å². The molecule has 0 aliphatic rings. The Morgan fingerprint density at radius 2 is 2.33 bits per heavy atom. The maximum Gasteiger partial charge on any atom is 0.141 e. The first-order valence-electron chi connectivity index (χ1n) is 2.51. The van der Waals surface area contributed by atoms with Gasteiger partial charge in [0, 0.05) is 5.56 Å². The molecule has 0 aliphatic carbocycles. The van der Waals surface area contributed by atoms with Crippen LogP contribution >= 0.6 is 23.3 Å². The normalized spacial score (nSPS) is 10.0. The van der Waals surface area contributed by atoms with E-state index in [1.54, 1.807) is 11.8 Å². The van der Waals surface area contributed by atoms with Gasteiger partial charge in [-0.3, -0.25) is 0 Å². The monoisotopic (exact) mass is 160 g/mol. The van der Waals surface area contributed by atoms with E-state index in [1.165, 1.54) is 15.7 Å². The molecule has 2 nitrogen and oxygen atoms in total. The van der Waals surface area contributed by atoms with E-state index in [2.05, 4.69) is 4.37 Å². The second-order valence-electron chi connectivity index (χ2n) is 1.68. The third-order valence-electron chi connectivity index (χ3n) is 1.10. The van der Waals surface area contributed by atoms with Crippen LogP contribution < -0.4 is 5.73 Å². The van der Waals surface area contributed by atoms with Crippen molar-refractivity contribution < 1.29 is 0 Å². The van der Waals surface area contributed by atoms with Crippen molar-refractivity contribution in [3.05, 3.63) is 5.56 Å². The number of nitrogens with zero attached hydrogens (tertiary/aromatic N) is 1. The van der Waals surface area contributed by atoms with Crippen LogP contribution in [0.15, 0.2) is 4.21 Å². The molecule has 0 atom stereocenters. The average Bonchev–Trinajstić information content (AvgIpc) is 2.15. The highest BCUT2D eigenvalue weighted by molar-refractivity contribution is 8.00. The lowest BCUT2D eigenvalue weighted by molar-refractivity contribution is 1.39. The third-order valence-corrected chi connectivity index (χ3v) is 3.26. The molecule has 1 aromatic heterocycles. The molecule has 0 saturated heterocycles. The summed E-state index contributed by atoms with van der Waals surface area (Å²) in [5.41, 5.74) is 6.62. The van der Waals surface area contributed by atoms with E-state index in [0.29, 0.717) is 5.82 Å². The van der Waals surface area contributed by atoms with Crippen molar-refractivity contribution in [2.75, 3.05) is 12.0 Å². The van der Waals surface area contributed by atoms with Gasteiger partial charge in [0.15, 0.2) is 0 Å². The molecule has 1 heterocycles. The zero-order valence-electron chi connectivity index (χ0n) is 5.34. The fraction of sp³-hybridized carbons (Fsp3) is 0.400. The predicted molar refractivity (Wildman–Crippen MR) is 43.0 cm³/mol. The van der Waals surface area contributed by atoms with E-state index in [9.17, 15) is 0 Å². The standard InChI is InChI=1S/C5H8N2S2/c1-3-4(6)7-9-5(3)8-2/h1-2H3,(H2,6,7). The van der Waals surface area contributed by atoms with Gasteiger partial charge in [0.05, 0.1) is 4.21 Å². The Morgan fingerprint density at radius 3 is 2.56 bits per heavy atom. The maximum absolute atomic E-state index is 5.50. The van der Waals surface area contributed by atoms with E-state index < -0.39 is 0 Å². The molecule has 9 heavy (non-hydrogen) atoms. The van der Waals surface area contributed by atoms with E-state index >= 15 is 0 Å². The zero-order valence-corrected chi connectivity index (χ0v) is 6.97. The van der Waals surface area contributed by atoms with Gasteiger partial charge < -0.3 is 5.73 Å².